The minimum Gasteiger partial charge on any atom is -0.459 e. The molecule has 0 N–H and O–H groups in total. The number of ether oxygens (including phenoxy) is 2. The molecule has 1 aliphatic heterocycles. The van der Waals surface area contributed by atoms with Gasteiger partial charge in [-0.3, -0.25) is 0 Å². The molecular weight excluding hydrogens is 118 g/mol. The lowest BCUT2D eigenvalue weighted by Gasteiger charge is -2.05. The summed E-state index contributed by atoms with van der Waals surface area (Å²) in [6.07, 6.45) is 3.88. The van der Waals surface area contributed by atoms with Gasteiger partial charge in [0.05, 0.1) is 6.07 Å². The maximum absolute atomic E-state index is 8.15. The Bertz CT molecular complexity index is 140. The van der Waals surface area contributed by atoms with Crippen molar-refractivity contribution in [1.82, 2.24) is 0 Å². The first-order valence-corrected chi connectivity index (χ1v) is 2.76. The van der Waals surface area contributed by atoms with E-state index in [0.717, 1.165) is 0 Å². The molecule has 0 saturated carbocycles. The molecule has 0 spiro atoms. The molecule has 0 saturated heterocycles. The van der Waals surface area contributed by atoms with Gasteiger partial charge in [0, 0.05) is 12.8 Å². The van der Waals surface area contributed by atoms with Crippen LogP contribution in [-0.2, 0) is 9.47 Å². The smallest absolute Gasteiger partial charge is 0.240 e. The molecule has 3 heteroatoms. The van der Waals surface area contributed by atoms with Gasteiger partial charge in [-0.25, -0.2) is 0 Å². The highest BCUT2D eigenvalue weighted by molar-refractivity contribution is 4.75. The molecule has 9 heavy (non-hydrogen) atoms. The first-order chi connectivity index (χ1) is 4.43. The molecular formula is C6H7NO2. The summed E-state index contributed by atoms with van der Waals surface area (Å²) >= 11 is 0. The van der Waals surface area contributed by atoms with Crippen molar-refractivity contribution < 1.29 is 9.47 Å². The van der Waals surface area contributed by atoms with Crippen LogP contribution in [0.3, 0.4) is 0 Å². The van der Waals surface area contributed by atoms with Gasteiger partial charge in [0.15, 0.2) is 0 Å². The van der Waals surface area contributed by atoms with Crippen LogP contribution in [0.15, 0.2) is 12.5 Å². The molecule has 0 aromatic rings. The lowest BCUT2D eigenvalue weighted by Crippen LogP contribution is -2.05. The van der Waals surface area contributed by atoms with Crippen molar-refractivity contribution in [3.05, 3.63) is 12.5 Å². The van der Waals surface area contributed by atoms with Gasteiger partial charge in [0.25, 0.3) is 0 Å². The largest absolute Gasteiger partial charge is 0.459 e. The predicted octanol–water partition coefficient (Wildman–Crippen LogP) is 1.13. The van der Waals surface area contributed by atoms with E-state index in [9.17, 15) is 0 Å². The van der Waals surface area contributed by atoms with Crippen LogP contribution in [0, 0.1) is 11.3 Å². The van der Waals surface area contributed by atoms with Crippen LogP contribution in [-0.4, -0.2) is 6.29 Å². The van der Waals surface area contributed by atoms with E-state index in [-0.39, 0.29) is 6.29 Å². The van der Waals surface area contributed by atoms with E-state index in [1.807, 2.05) is 6.07 Å². The zero-order chi connectivity index (χ0) is 6.53. The number of hydrogen-bond acceptors (Lipinski definition) is 3. The fourth-order valence-corrected chi connectivity index (χ4v) is 0.590. The summed E-state index contributed by atoms with van der Waals surface area (Å²) < 4.78 is 9.80. The van der Waals surface area contributed by atoms with Crippen LogP contribution >= 0.6 is 0 Å². The number of rotatable bonds is 2. The van der Waals surface area contributed by atoms with E-state index in [1.54, 1.807) is 0 Å². The highest BCUT2D eigenvalue weighted by Crippen LogP contribution is 2.09. The van der Waals surface area contributed by atoms with E-state index in [1.165, 1.54) is 12.5 Å². The van der Waals surface area contributed by atoms with Crippen LogP contribution in [0.25, 0.3) is 0 Å². The summed E-state index contributed by atoms with van der Waals surface area (Å²) in [5.74, 6) is 0. The summed E-state index contributed by atoms with van der Waals surface area (Å²) in [6.45, 7) is 0. The highest BCUT2D eigenvalue weighted by Gasteiger charge is 2.10. The van der Waals surface area contributed by atoms with E-state index in [4.69, 9.17) is 14.7 Å². The third-order valence-electron chi connectivity index (χ3n) is 1.01. The zero-order valence-corrected chi connectivity index (χ0v) is 4.91. The van der Waals surface area contributed by atoms with Crippen molar-refractivity contribution in [2.45, 2.75) is 19.1 Å². The van der Waals surface area contributed by atoms with Gasteiger partial charge in [-0.15, -0.1) is 0 Å². The second-order valence-corrected chi connectivity index (χ2v) is 1.67. The van der Waals surface area contributed by atoms with Gasteiger partial charge in [0.1, 0.15) is 12.5 Å². The number of hydrogen-bond donors (Lipinski definition) is 0. The van der Waals surface area contributed by atoms with E-state index in [0.29, 0.717) is 12.8 Å². The van der Waals surface area contributed by atoms with Crippen molar-refractivity contribution >= 4 is 0 Å². The van der Waals surface area contributed by atoms with Crippen LogP contribution in [0.1, 0.15) is 12.8 Å². The van der Waals surface area contributed by atoms with Crippen LogP contribution in [0.2, 0.25) is 0 Å². The maximum Gasteiger partial charge on any atom is 0.240 e. The summed E-state index contributed by atoms with van der Waals surface area (Å²) in [5.41, 5.74) is 0. The van der Waals surface area contributed by atoms with Gasteiger partial charge < -0.3 is 9.47 Å². The zero-order valence-electron chi connectivity index (χ0n) is 4.91. The van der Waals surface area contributed by atoms with Gasteiger partial charge in [-0.05, 0) is 0 Å². The highest BCUT2D eigenvalue weighted by atomic mass is 16.7. The van der Waals surface area contributed by atoms with Crippen molar-refractivity contribution in [3.8, 4) is 6.07 Å². The Morgan fingerprint density at radius 3 is 2.67 bits per heavy atom. The molecule has 48 valence electrons. The second-order valence-electron chi connectivity index (χ2n) is 1.67. The average Bonchev–Trinajstić information content (AvgIpc) is 2.34. The standard InChI is InChI=1S/C6H7NO2/c7-3-1-2-6-8-4-5-9-6/h4-6H,1-2H2. The molecule has 0 amide bonds. The fourth-order valence-electron chi connectivity index (χ4n) is 0.590. The Morgan fingerprint density at radius 2 is 2.11 bits per heavy atom. The molecule has 0 bridgehead atoms. The minimum atomic E-state index is -0.218. The van der Waals surface area contributed by atoms with Crippen LogP contribution < -0.4 is 0 Å². The monoisotopic (exact) mass is 125 g/mol. The van der Waals surface area contributed by atoms with Crippen LogP contribution in [0.4, 0.5) is 0 Å². The molecule has 1 rings (SSSR count). The Morgan fingerprint density at radius 1 is 1.44 bits per heavy atom. The van der Waals surface area contributed by atoms with Gasteiger partial charge in [-0.2, -0.15) is 5.26 Å². The van der Waals surface area contributed by atoms with Crippen molar-refractivity contribution in [1.29, 1.82) is 5.26 Å². The Labute approximate surface area is 53.5 Å². The van der Waals surface area contributed by atoms with Crippen molar-refractivity contribution in [2.24, 2.45) is 0 Å². The van der Waals surface area contributed by atoms with Gasteiger partial charge in [-0.1, -0.05) is 0 Å². The lowest BCUT2D eigenvalue weighted by molar-refractivity contribution is -0.0267. The molecule has 1 heterocycles. The second kappa shape index (κ2) is 2.98. The summed E-state index contributed by atoms with van der Waals surface area (Å²) in [5, 5.41) is 8.15. The predicted molar refractivity (Wildman–Crippen MR) is 29.9 cm³/mol. The molecule has 0 fully saturated rings. The Balaban J connectivity index is 2.09. The number of nitriles is 1. The van der Waals surface area contributed by atoms with Crippen molar-refractivity contribution in [3.63, 3.8) is 0 Å². The average molecular weight is 125 g/mol. The van der Waals surface area contributed by atoms with E-state index in [2.05, 4.69) is 0 Å². The van der Waals surface area contributed by atoms with Crippen LogP contribution in [0.5, 0.6) is 0 Å². The fraction of sp³-hybridized carbons (Fsp3) is 0.500. The summed E-state index contributed by atoms with van der Waals surface area (Å²) in [6, 6.07) is 2.01. The third-order valence-corrected chi connectivity index (χ3v) is 1.01. The number of nitrogens with zero attached hydrogens (tertiary/aromatic N) is 1. The quantitative estimate of drug-likeness (QED) is 0.555. The normalized spacial score (nSPS) is 16.3. The van der Waals surface area contributed by atoms with Crippen molar-refractivity contribution in [2.75, 3.05) is 0 Å². The van der Waals surface area contributed by atoms with E-state index >= 15 is 0 Å². The Kier molecular flexibility index (Phi) is 1.97. The SMILES string of the molecule is N#CCCC1OC=CO1. The Hall–Kier alpha value is -1.17. The molecule has 3 nitrogen and oxygen atoms in total. The van der Waals surface area contributed by atoms with Gasteiger partial charge >= 0.3 is 0 Å². The summed E-state index contributed by atoms with van der Waals surface area (Å²) in [7, 11) is 0. The first-order valence-electron chi connectivity index (χ1n) is 2.76. The summed E-state index contributed by atoms with van der Waals surface area (Å²) in [4.78, 5) is 0. The molecule has 1 aliphatic rings. The molecule has 0 radical (unpaired) electrons. The topological polar surface area (TPSA) is 42.2 Å². The molecule has 0 aliphatic carbocycles. The molecule has 0 aromatic carbocycles. The maximum atomic E-state index is 8.15. The molecule has 0 aromatic heterocycles. The third kappa shape index (κ3) is 1.65. The minimum absolute atomic E-state index is 0.218. The van der Waals surface area contributed by atoms with Gasteiger partial charge in [0.2, 0.25) is 6.29 Å². The first kappa shape index (κ1) is 5.96. The lowest BCUT2D eigenvalue weighted by atomic mass is 10.3. The van der Waals surface area contributed by atoms with E-state index < -0.39 is 0 Å². The molecule has 0 atom stereocenters. The molecule has 0 unspecified atom stereocenters.